The van der Waals surface area contributed by atoms with E-state index in [1.807, 2.05) is 68.4 Å². The number of imidazole rings is 1. The van der Waals surface area contributed by atoms with Crippen molar-refractivity contribution >= 4 is 23.1 Å². The van der Waals surface area contributed by atoms with E-state index in [1.54, 1.807) is 17.5 Å². The third-order valence-corrected chi connectivity index (χ3v) is 5.74. The van der Waals surface area contributed by atoms with Gasteiger partial charge in [0, 0.05) is 19.3 Å². The minimum atomic E-state index is -0.737. The van der Waals surface area contributed by atoms with Crippen LogP contribution >= 0.6 is 0 Å². The molecule has 1 amide bonds. The van der Waals surface area contributed by atoms with Gasteiger partial charge in [0.1, 0.15) is 17.1 Å². The van der Waals surface area contributed by atoms with Crippen LogP contribution in [-0.4, -0.2) is 69.8 Å². The lowest BCUT2D eigenvalue weighted by atomic mass is 9.96. The summed E-state index contributed by atoms with van der Waals surface area (Å²) in [5, 5.41) is 11.5. The second-order valence-corrected chi connectivity index (χ2v) is 8.28. The molecule has 4 rings (SSSR count). The predicted molar refractivity (Wildman–Crippen MR) is 125 cm³/mol. The Kier molecular flexibility index (Phi) is 6.20. The molecule has 1 atom stereocenters. The van der Waals surface area contributed by atoms with Crippen molar-refractivity contribution in [3.8, 4) is 5.75 Å². The molecule has 1 aliphatic heterocycles. The van der Waals surface area contributed by atoms with Gasteiger partial charge in [0.2, 0.25) is 0 Å². The molecule has 0 saturated carbocycles. The Hall–Kier alpha value is -3.65. The number of fused-ring (bicyclic) bond motifs is 1. The molecular formula is C25H28N4O4. The smallest absolute Gasteiger partial charge is 0.295 e. The van der Waals surface area contributed by atoms with Crippen LogP contribution in [0.25, 0.3) is 11.4 Å². The van der Waals surface area contributed by atoms with Gasteiger partial charge in [-0.25, -0.2) is 4.98 Å². The highest BCUT2D eigenvalue weighted by atomic mass is 16.5. The van der Waals surface area contributed by atoms with Crippen LogP contribution in [0, 0.1) is 6.92 Å². The number of aliphatic hydroxyl groups is 1. The number of likely N-dealkylation sites (N-methyl/N-ethyl adjacent to an activating group) is 1. The van der Waals surface area contributed by atoms with Crippen molar-refractivity contribution in [3.63, 3.8) is 0 Å². The quantitative estimate of drug-likeness (QED) is 0.340. The van der Waals surface area contributed by atoms with Gasteiger partial charge in [-0.2, -0.15) is 0 Å². The first-order chi connectivity index (χ1) is 15.8. The summed E-state index contributed by atoms with van der Waals surface area (Å²) in [5.41, 5.74) is 2.38. The topological polar surface area (TPSA) is 87.4 Å². The zero-order valence-electron chi connectivity index (χ0n) is 19.3. The molecule has 1 saturated heterocycles. The molecule has 3 aromatic rings. The van der Waals surface area contributed by atoms with Gasteiger partial charge in [0.15, 0.2) is 5.76 Å². The van der Waals surface area contributed by atoms with Gasteiger partial charge < -0.3 is 19.6 Å². The van der Waals surface area contributed by atoms with Gasteiger partial charge >= 0.3 is 0 Å². The zero-order valence-corrected chi connectivity index (χ0v) is 19.3. The third-order valence-electron chi connectivity index (χ3n) is 5.74. The predicted octanol–water partition coefficient (Wildman–Crippen LogP) is 3.02. The van der Waals surface area contributed by atoms with Crippen molar-refractivity contribution in [1.29, 1.82) is 0 Å². The van der Waals surface area contributed by atoms with E-state index in [2.05, 4.69) is 4.98 Å². The van der Waals surface area contributed by atoms with Gasteiger partial charge in [-0.05, 0) is 57.8 Å². The first-order valence-electron chi connectivity index (χ1n) is 10.9. The molecule has 33 heavy (non-hydrogen) atoms. The van der Waals surface area contributed by atoms with Crippen LogP contribution in [-0.2, 0) is 9.59 Å². The Bertz CT molecular complexity index is 1240. The van der Waals surface area contributed by atoms with E-state index in [4.69, 9.17) is 4.74 Å². The summed E-state index contributed by atoms with van der Waals surface area (Å²) in [6.45, 7) is 5.07. The van der Waals surface area contributed by atoms with Crippen molar-refractivity contribution in [2.24, 2.45) is 0 Å². The number of rotatable bonds is 7. The van der Waals surface area contributed by atoms with Crippen LogP contribution in [0.4, 0.5) is 0 Å². The van der Waals surface area contributed by atoms with Gasteiger partial charge in [-0.1, -0.05) is 18.2 Å². The standard InChI is InChI=1S/C25H28N4O4/c1-5-33-18-10-8-9-17(15-18)22-20(24(31)25(32)29(22)14-13-27(3)4)23(30)21-16(2)26-19-11-6-7-12-28(19)21/h6-12,15,22,30H,5,13-14H2,1-4H3/b23-20+. The minimum absolute atomic E-state index is 0.0566. The third kappa shape index (κ3) is 4.09. The number of carbonyl (C=O) groups is 2. The van der Waals surface area contributed by atoms with E-state index in [-0.39, 0.29) is 11.3 Å². The van der Waals surface area contributed by atoms with E-state index in [9.17, 15) is 14.7 Å². The second kappa shape index (κ2) is 9.07. The maximum atomic E-state index is 13.3. The number of likely N-dealkylation sites (tertiary alicyclic amines) is 1. The Morgan fingerprint density at radius 3 is 2.70 bits per heavy atom. The van der Waals surface area contributed by atoms with Gasteiger partial charge in [-0.3, -0.25) is 14.0 Å². The largest absolute Gasteiger partial charge is 0.505 e. The number of ketones is 1. The molecule has 0 bridgehead atoms. The van der Waals surface area contributed by atoms with Crippen LogP contribution in [0.2, 0.25) is 0 Å². The average Bonchev–Trinajstić information content (AvgIpc) is 3.25. The Morgan fingerprint density at radius 2 is 1.97 bits per heavy atom. The monoisotopic (exact) mass is 448 g/mol. The number of aromatic nitrogens is 2. The second-order valence-electron chi connectivity index (χ2n) is 8.28. The maximum Gasteiger partial charge on any atom is 0.295 e. The highest BCUT2D eigenvalue weighted by Crippen LogP contribution is 2.40. The number of amides is 1. The fraction of sp³-hybridized carbons (Fsp3) is 0.320. The first kappa shape index (κ1) is 22.5. The Morgan fingerprint density at radius 1 is 1.18 bits per heavy atom. The highest BCUT2D eigenvalue weighted by molar-refractivity contribution is 6.46. The Balaban J connectivity index is 1.92. The Labute approximate surface area is 192 Å². The van der Waals surface area contributed by atoms with E-state index in [1.165, 1.54) is 4.90 Å². The summed E-state index contributed by atoms with van der Waals surface area (Å²) in [4.78, 5) is 34.3. The molecule has 1 fully saturated rings. The number of ether oxygens (including phenoxy) is 1. The van der Waals surface area contributed by atoms with Crippen LogP contribution in [0.3, 0.4) is 0 Å². The van der Waals surface area contributed by atoms with Crippen molar-refractivity contribution in [3.05, 3.63) is 71.2 Å². The molecule has 8 nitrogen and oxygen atoms in total. The number of aryl methyl sites for hydroxylation is 1. The van der Waals surface area contributed by atoms with Gasteiger partial charge in [0.05, 0.1) is 23.9 Å². The number of benzene rings is 1. The molecule has 3 heterocycles. The van der Waals surface area contributed by atoms with Crippen LogP contribution < -0.4 is 4.74 Å². The van der Waals surface area contributed by atoms with Crippen molar-refractivity contribution in [1.82, 2.24) is 19.2 Å². The van der Waals surface area contributed by atoms with Crippen LogP contribution in [0.5, 0.6) is 5.75 Å². The van der Waals surface area contributed by atoms with Gasteiger partial charge in [0.25, 0.3) is 11.7 Å². The van der Waals surface area contributed by atoms with E-state index < -0.39 is 17.7 Å². The number of aliphatic hydroxyl groups excluding tert-OH is 1. The molecular weight excluding hydrogens is 420 g/mol. The molecule has 2 aromatic heterocycles. The fourth-order valence-corrected chi connectivity index (χ4v) is 4.23. The van der Waals surface area contributed by atoms with E-state index >= 15 is 0 Å². The first-order valence-corrected chi connectivity index (χ1v) is 10.9. The number of Topliss-reactive ketones (excluding diaryl/α,β-unsaturated/α-hetero) is 1. The highest BCUT2D eigenvalue weighted by Gasteiger charge is 2.46. The summed E-state index contributed by atoms with van der Waals surface area (Å²) in [7, 11) is 3.81. The molecule has 1 N–H and O–H groups in total. The lowest BCUT2D eigenvalue weighted by Crippen LogP contribution is -2.35. The van der Waals surface area contributed by atoms with E-state index in [0.717, 1.165) is 0 Å². The molecule has 0 radical (unpaired) electrons. The van der Waals surface area contributed by atoms with Crippen molar-refractivity contribution in [2.75, 3.05) is 33.8 Å². The molecule has 1 aliphatic rings. The summed E-state index contributed by atoms with van der Waals surface area (Å²) < 4.78 is 7.38. The maximum absolute atomic E-state index is 13.3. The zero-order chi connectivity index (χ0) is 23.7. The summed E-state index contributed by atoms with van der Waals surface area (Å²) in [6.07, 6.45) is 1.78. The SMILES string of the molecule is CCOc1cccc(C2/C(=C(\O)c3c(C)nc4ccccn34)C(=O)C(=O)N2CCN(C)C)c1. The molecule has 172 valence electrons. The normalized spacial score (nSPS) is 18.0. The van der Waals surface area contributed by atoms with Gasteiger partial charge in [-0.15, -0.1) is 0 Å². The van der Waals surface area contributed by atoms with Crippen LogP contribution in [0.15, 0.2) is 54.2 Å². The van der Waals surface area contributed by atoms with Crippen LogP contribution in [0.1, 0.15) is 29.9 Å². The van der Waals surface area contributed by atoms with E-state index in [0.29, 0.717) is 48.0 Å². The van der Waals surface area contributed by atoms with Crippen molar-refractivity contribution < 1.29 is 19.4 Å². The summed E-state index contributed by atoms with van der Waals surface area (Å²) in [6, 6.07) is 12.1. The number of hydrogen-bond acceptors (Lipinski definition) is 6. The molecule has 1 aromatic carbocycles. The molecule has 1 unspecified atom stereocenters. The number of carbonyl (C=O) groups excluding carboxylic acids is 2. The number of pyridine rings is 1. The summed E-state index contributed by atoms with van der Waals surface area (Å²) in [5.74, 6) is -0.928. The van der Waals surface area contributed by atoms with Crippen molar-refractivity contribution in [2.45, 2.75) is 19.9 Å². The molecule has 0 spiro atoms. The molecule has 0 aliphatic carbocycles. The lowest BCUT2D eigenvalue weighted by Gasteiger charge is -2.26. The number of hydrogen-bond donors (Lipinski definition) is 1. The summed E-state index contributed by atoms with van der Waals surface area (Å²) >= 11 is 0. The average molecular weight is 449 g/mol. The fourth-order valence-electron chi connectivity index (χ4n) is 4.23. The minimum Gasteiger partial charge on any atom is -0.505 e. The lowest BCUT2D eigenvalue weighted by molar-refractivity contribution is -0.140. The number of nitrogens with zero attached hydrogens (tertiary/aromatic N) is 4. The molecule has 8 heteroatoms.